The third kappa shape index (κ3) is 3.78. The van der Waals surface area contributed by atoms with E-state index in [1.165, 1.54) is 5.56 Å². The van der Waals surface area contributed by atoms with Gasteiger partial charge in [0, 0.05) is 17.3 Å². The van der Waals surface area contributed by atoms with Crippen molar-refractivity contribution in [3.63, 3.8) is 0 Å². The first kappa shape index (κ1) is 12.4. The van der Waals surface area contributed by atoms with Crippen LogP contribution in [0.25, 0.3) is 0 Å². The highest BCUT2D eigenvalue weighted by molar-refractivity contribution is 9.09. The summed E-state index contributed by atoms with van der Waals surface area (Å²) in [5, 5.41) is 0.892. The molecule has 15 heavy (non-hydrogen) atoms. The Hall–Kier alpha value is -0.630. The molecule has 0 aromatic heterocycles. The van der Waals surface area contributed by atoms with Crippen LogP contribution in [0.1, 0.15) is 48.5 Å². The van der Waals surface area contributed by atoms with Crippen LogP contribution in [0.2, 0.25) is 0 Å². The van der Waals surface area contributed by atoms with Crippen molar-refractivity contribution in [2.24, 2.45) is 0 Å². The van der Waals surface area contributed by atoms with Gasteiger partial charge in [0.15, 0.2) is 5.78 Å². The molecule has 1 aromatic carbocycles. The summed E-state index contributed by atoms with van der Waals surface area (Å²) < 4.78 is 0. The first-order chi connectivity index (χ1) is 7.15. The van der Waals surface area contributed by atoms with Crippen molar-refractivity contribution in [1.82, 2.24) is 0 Å². The summed E-state index contributed by atoms with van der Waals surface area (Å²) in [5.74, 6) is 0.765. The molecule has 0 unspecified atom stereocenters. The molecule has 82 valence electrons. The number of ketones is 1. The molecule has 0 heterocycles. The molecule has 0 saturated carbocycles. The summed E-state index contributed by atoms with van der Waals surface area (Å²) in [4.78, 5) is 11.7. The molecule has 1 nitrogen and oxygen atoms in total. The Morgan fingerprint density at radius 3 is 2.33 bits per heavy atom. The van der Waals surface area contributed by atoms with E-state index in [1.54, 1.807) is 0 Å². The second kappa shape index (κ2) is 6.06. The van der Waals surface area contributed by atoms with Crippen LogP contribution < -0.4 is 0 Å². The van der Waals surface area contributed by atoms with Crippen LogP contribution >= 0.6 is 15.9 Å². The Bertz CT molecular complexity index is 314. The molecule has 1 aromatic rings. The fraction of sp³-hybridized carbons (Fsp3) is 0.462. The van der Waals surface area contributed by atoms with Gasteiger partial charge >= 0.3 is 0 Å². The Morgan fingerprint density at radius 2 is 1.87 bits per heavy atom. The zero-order valence-electron chi connectivity index (χ0n) is 9.29. The third-order valence-corrected chi connectivity index (χ3v) is 3.00. The van der Waals surface area contributed by atoms with E-state index < -0.39 is 0 Å². The van der Waals surface area contributed by atoms with E-state index in [-0.39, 0.29) is 5.78 Å². The monoisotopic (exact) mass is 268 g/mol. The van der Waals surface area contributed by atoms with Crippen molar-refractivity contribution in [2.45, 2.75) is 32.6 Å². The SMILES string of the molecule is CC(C)c1ccc(C(=O)CCCBr)cc1. The first-order valence-electron chi connectivity index (χ1n) is 5.34. The van der Waals surface area contributed by atoms with Crippen LogP contribution in [0.5, 0.6) is 0 Å². The maximum absolute atomic E-state index is 11.7. The van der Waals surface area contributed by atoms with Crippen molar-refractivity contribution in [3.05, 3.63) is 35.4 Å². The highest BCUT2D eigenvalue weighted by Gasteiger charge is 2.05. The van der Waals surface area contributed by atoms with Gasteiger partial charge in [0.1, 0.15) is 0 Å². The lowest BCUT2D eigenvalue weighted by Gasteiger charge is -2.06. The molecule has 0 aliphatic heterocycles. The zero-order chi connectivity index (χ0) is 11.3. The van der Waals surface area contributed by atoms with E-state index in [0.717, 1.165) is 17.3 Å². The van der Waals surface area contributed by atoms with Gasteiger partial charge in [-0.05, 0) is 17.9 Å². The second-order valence-corrected chi connectivity index (χ2v) is 4.79. The molecule has 0 aliphatic rings. The Kier molecular flexibility index (Phi) is 5.03. The minimum atomic E-state index is 0.241. The van der Waals surface area contributed by atoms with Gasteiger partial charge in [0.05, 0.1) is 0 Å². The van der Waals surface area contributed by atoms with E-state index in [9.17, 15) is 4.79 Å². The molecule has 0 fully saturated rings. The fourth-order valence-corrected chi connectivity index (χ4v) is 1.71. The average Bonchev–Trinajstić information content (AvgIpc) is 2.26. The van der Waals surface area contributed by atoms with Gasteiger partial charge in [0.25, 0.3) is 0 Å². The first-order valence-corrected chi connectivity index (χ1v) is 6.46. The average molecular weight is 269 g/mol. The molecular formula is C13H17BrO. The van der Waals surface area contributed by atoms with Crippen LogP contribution in [0.4, 0.5) is 0 Å². The minimum Gasteiger partial charge on any atom is -0.294 e. The van der Waals surface area contributed by atoms with Gasteiger partial charge in [-0.25, -0.2) is 0 Å². The van der Waals surface area contributed by atoms with Crippen molar-refractivity contribution < 1.29 is 4.79 Å². The van der Waals surface area contributed by atoms with E-state index in [0.29, 0.717) is 12.3 Å². The van der Waals surface area contributed by atoms with E-state index in [4.69, 9.17) is 0 Å². The molecule has 0 saturated heterocycles. The molecule has 0 aliphatic carbocycles. The standard InChI is InChI=1S/C13H17BrO/c1-10(2)11-5-7-12(8-6-11)13(15)4-3-9-14/h5-8,10H,3-4,9H2,1-2H3. The number of Topliss-reactive ketones (excluding diaryl/α,β-unsaturated/α-hetero) is 1. The molecule has 0 spiro atoms. The number of rotatable bonds is 5. The van der Waals surface area contributed by atoms with Crippen LogP contribution in [0, 0.1) is 0 Å². The predicted molar refractivity (Wildman–Crippen MR) is 67.9 cm³/mol. The molecule has 0 bridgehead atoms. The van der Waals surface area contributed by atoms with Gasteiger partial charge in [-0.15, -0.1) is 0 Å². The molecule has 2 heteroatoms. The highest BCUT2D eigenvalue weighted by Crippen LogP contribution is 2.15. The summed E-state index contributed by atoms with van der Waals surface area (Å²) in [7, 11) is 0. The molecule has 0 N–H and O–H groups in total. The number of carbonyl (C=O) groups is 1. The largest absolute Gasteiger partial charge is 0.294 e. The summed E-state index contributed by atoms with van der Waals surface area (Å²) in [5.41, 5.74) is 2.12. The number of benzene rings is 1. The van der Waals surface area contributed by atoms with E-state index in [1.807, 2.05) is 24.3 Å². The Balaban J connectivity index is 2.67. The smallest absolute Gasteiger partial charge is 0.162 e. The van der Waals surface area contributed by atoms with Crippen molar-refractivity contribution in [3.8, 4) is 0 Å². The molecule has 0 atom stereocenters. The van der Waals surface area contributed by atoms with Gasteiger partial charge < -0.3 is 0 Å². The van der Waals surface area contributed by atoms with E-state index in [2.05, 4.69) is 29.8 Å². The van der Waals surface area contributed by atoms with Gasteiger partial charge in [-0.1, -0.05) is 54.0 Å². The summed E-state index contributed by atoms with van der Waals surface area (Å²) in [6.45, 7) is 4.31. The van der Waals surface area contributed by atoms with Crippen molar-refractivity contribution in [1.29, 1.82) is 0 Å². The second-order valence-electron chi connectivity index (χ2n) is 3.99. The van der Waals surface area contributed by atoms with Crippen molar-refractivity contribution >= 4 is 21.7 Å². The van der Waals surface area contributed by atoms with Crippen LogP contribution in [-0.2, 0) is 0 Å². The predicted octanol–water partition coefficient (Wildman–Crippen LogP) is 4.17. The number of hydrogen-bond acceptors (Lipinski definition) is 1. The van der Waals surface area contributed by atoms with Crippen LogP contribution in [-0.4, -0.2) is 11.1 Å². The Morgan fingerprint density at radius 1 is 1.27 bits per heavy atom. The number of alkyl halides is 1. The molecule has 0 radical (unpaired) electrons. The molecule has 1 rings (SSSR count). The van der Waals surface area contributed by atoms with Crippen LogP contribution in [0.15, 0.2) is 24.3 Å². The number of hydrogen-bond donors (Lipinski definition) is 0. The van der Waals surface area contributed by atoms with E-state index >= 15 is 0 Å². The maximum atomic E-state index is 11.7. The number of halogens is 1. The lowest BCUT2D eigenvalue weighted by Crippen LogP contribution is -1.99. The fourth-order valence-electron chi connectivity index (χ4n) is 1.43. The lowest BCUT2D eigenvalue weighted by molar-refractivity contribution is 0.0982. The third-order valence-electron chi connectivity index (χ3n) is 2.44. The highest BCUT2D eigenvalue weighted by atomic mass is 79.9. The number of carbonyl (C=O) groups excluding carboxylic acids is 1. The topological polar surface area (TPSA) is 17.1 Å². The summed E-state index contributed by atoms with van der Waals surface area (Å²) in [6.07, 6.45) is 1.54. The Labute approximate surface area is 100 Å². The van der Waals surface area contributed by atoms with Gasteiger partial charge in [-0.3, -0.25) is 4.79 Å². The maximum Gasteiger partial charge on any atom is 0.162 e. The molecule has 0 amide bonds. The lowest BCUT2D eigenvalue weighted by atomic mass is 9.99. The van der Waals surface area contributed by atoms with Gasteiger partial charge in [0.2, 0.25) is 0 Å². The molecular weight excluding hydrogens is 252 g/mol. The van der Waals surface area contributed by atoms with Crippen LogP contribution in [0.3, 0.4) is 0 Å². The van der Waals surface area contributed by atoms with Gasteiger partial charge in [-0.2, -0.15) is 0 Å². The van der Waals surface area contributed by atoms with Crippen molar-refractivity contribution in [2.75, 3.05) is 5.33 Å². The quantitative estimate of drug-likeness (QED) is 0.579. The minimum absolute atomic E-state index is 0.241. The zero-order valence-corrected chi connectivity index (χ0v) is 10.9. The summed E-state index contributed by atoms with van der Waals surface area (Å²) in [6, 6.07) is 7.97. The normalized spacial score (nSPS) is 10.7. The summed E-state index contributed by atoms with van der Waals surface area (Å²) >= 11 is 3.33.